The number of methoxy groups -OCH3 is 1. The van der Waals surface area contributed by atoms with Crippen LogP contribution in [0.3, 0.4) is 0 Å². The topological polar surface area (TPSA) is 70.5 Å². The van der Waals surface area contributed by atoms with Gasteiger partial charge in [-0.2, -0.15) is 0 Å². The lowest BCUT2D eigenvalue weighted by molar-refractivity contribution is 0.0782. The Balaban J connectivity index is 1.84. The van der Waals surface area contributed by atoms with Gasteiger partial charge in [-0.25, -0.2) is 0 Å². The van der Waals surface area contributed by atoms with Crippen LogP contribution in [0.2, 0.25) is 0 Å². The summed E-state index contributed by atoms with van der Waals surface area (Å²) in [5.41, 5.74) is 11.5. The summed E-state index contributed by atoms with van der Waals surface area (Å²) in [6, 6.07) is 4.25. The molecule has 0 unspecified atom stereocenters. The molecule has 0 aromatic heterocycles. The van der Waals surface area contributed by atoms with Crippen molar-refractivity contribution in [1.29, 1.82) is 0 Å². The zero-order valence-corrected chi connectivity index (χ0v) is 13.7. The van der Waals surface area contributed by atoms with Gasteiger partial charge in [0.1, 0.15) is 6.10 Å². The predicted molar refractivity (Wildman–Crippen MR) is 86.8 cm³/mol. The average Bonchev–Trinajstić information content (AvgIpc) is 2.81. The molecule has 1 spiro atoms. The number of benzene rings is 1. The monoisotopic (exact) mass is 314 g/mol. The van der Waals surface area contributed by atoms with Crippen molar-refractivity contribution in [2.45, 2.75) is 49.8 Å². The SMILES string of the molecule is COc1ccc2c3c1O[C@H]1C[C@@H](N=[N+]=[N-])CC[C@@]31CCN(C)C2. The van der Waals surface area contributed by atoms with E-state index in [0.29, 0.717) is 0 Å². The molecule has 0 bridgehead atoms. The van der Waals surface area contributed by atoms with Crippen molar-refractivity contribution in [2.75, 3.05) is 20.7 Å². The normalized spacial score (nSPS) is 32.1. The van der Waals surface area contributed by atoms with Gasteiger partial charge in [0, 0.05) is 28.5 Å². The smallest absolute Gasteiger partial charge is 0.165 e. The standard InChI is InChI=1S/C17H22N4O2/c1-21-8-7-17-6-5-12(19-20-18)9-14(17)23-16-13(22-2)4-3-11(10-21)15(16)17/h3-4,12,14H,5-10H2,1-2H3/t12-,14-,17-/m0/s1. The summed E-state index contributed by atoms with van der Waals surface area (Å²) in [4.78, 5) is 5.38. The first-order valence-corrected chi connectivity index (χ1v) is 8.27. The van der Waals surface area contributed by atoms with Gasteiger partial charge >= 0.3 is 0 Å². The van der Waals surface area contributed by atoms with Crippen molar-refractivity contribution in [3.63, 3.8) is 0 Å². The van der Waals surface area contributed by atoms with Crippen LogP contribution in [0, 0.1) is 0 Å². The Morgan fingerprint density at radius 3 is 3.09 bits per heavy atom. The van der Waals surface area contributed by atoms with Crippen LogP contribution in [0.4, 0.5) is 0 Å². The highest BCUT2D eigenvalue weighted by molar-refractivity contribution is 5.58. The minimum atomic E-state index is 0.0420. The molecule has 0 N–H and O–H groups in total. The maximum atomic E-state index is 8.76. The summed E-state index contributed by atoms with van der Waals surface area (Å²) in [7, 11) is 3.87. The van der Waals surface area contributed by atoms with Crippen molar-refractivity contribution in [3.05, 3.63) is 33.7 Å². The van der Waals surface area contributed by atoms with Crippen molar-refractivity contribution >= 4 is 0 Å². The van der Waals surface area contributed by atoms with Crippen LogP contribution in [0.15, 0.2) is 17.2 Å². The summed E-state index contributed by atoms with van der Waals surface area (Å²) >= 11 is 0. The van der Waals surface area contributed by atoms with Gasteiger partial charge in [-0.3, -0.25) is 0 Å². The minimum absolute atomic E-state index is 0.0420. The van der Waals surface area contributed by atoms with Crippen LogP contribution in [0.5, 0.6) is 11.5 Å². The van der Waals surface area contributed by atoms with Crippen LogP contribution in [0.1, 0.15) is 36.8 Å². The molecule has 122 valence electrons. The number of ether oxygens (including phenoxy) is 2. The third kappa shape index (κ3) is 2.09. The molecule has 2 heterocycles. The molecule has 1 saturated carbocycles. The van der Waals surface area contributed by atoms with E-state index in [4.69, 9.17) is 15.0 Å². The Morgan fingerprint density at radius 2 is 2.30 bits per heavy atom. The minimum Gasteiger partial charge on any atom is -0.493 e. The first-order valence-electron chi connectivity index (χ1n) is 8.27. The fourth-order valence-corrected chi connectivity index (χ4v) is 4.67. The molecule has 2 aliphatic heterocycles. The van der Waals surface area contributed by atoms with Gasteiger partial charge in [-0.1, -0.05) is 11.2 Å². The summed E-state index contributed by atoms with van der Waals surface area (Å²) in [5.74, 6) is 1.74. The van der Waals surface area contributed by atoms with Crippen LogP contribution in [-0.2, 0) is 12.0 Å². The Hall–Kier alpha value is -1.91. The van der Waals surface area contributed by atoms with E-state index in [0.717, 1.165) is 50.3 Å². The molecule has 1 fully saturated rings. The molecular weight excluding hydrogens is 292 g/mol. The zero-order chi connectivity index (χ0) is 16.0. The van der Waals surface area contributed by atoms with Crippen LogP contribution >= 0.6 is 0 Å². The van der Waals surface area contributed by atoms with Gasteiger partial charge in [-0.15, -0.1) is 0 Å². The van der Waals surface area contributed by atoms with E-state index < -0.39 is 0 Å². The molecule has 0 saturated heterocycles. The Morgan fingerprint density at radius 1 is 1.43 bits per heavy atom. The van der Waals surface area contributed by atoms with Gasteiger partial charge in [0.25, 0.3) is 0 Å². The fraction of sp³-hybridized carbons (Fsp3) is 0.647. The van der Waals surface area contributed by atoms with Crippen LogP contribution < -0.4 is 9.47 Å². The Bertz CT molecular complexity index is 685. The molecule has 1 aromatic rings. The summed E-state index contributed by atoms with van der Waals surface area (Å²) < 4.78 is 11.9. The molecule has 1 aliphatic carbocycles. The number of nitrogens with zero attached hydrogens (tertiary/aromatic N) is 4. The fourth-order valence-electron chi connectivity index (χ4n) is 4.67. The van der Waals surface area contributed by atoms with E-state index >= 15 is 0 Å². The van der Waals surface area contributed by atoms with Crippen molar-refractivity contribution in [2.24, 2.45) is 5.11 Å². The van der Waals surface area contributed by atoms with E-state index in [-0.39, 0.29) is 17.6 Å². The second kappa shape index (κ2) is 5.32. The molecule has 6 nitrogen and oxygen atoms in total. The maximum absolute atomic E-state index is 8.76. The molecule has 23 heavy (non-hydrogen) atoms. The molecule has 1 aromatic carbocycles. The average molecular weight is 314 g/mol. The largest absolute Gasteiger partial charge is 0.493 e. The second-order valence-corrected chi connectivity index (χ2v) is 7.01. The predicted octanol–water partition coefficient (Wildman–Crippen LogP) is 3.39. The third-order valence-corrected chi connectivity index (χ3v) is 5.81. The number of hydrogen-bond donors (Lipinski definition) is 0. The molecular formula is C17H22N4O2. The van der Waals surface area contributed by atoms with Gasteiger partial charge in [0.15, 0.2) is 11.5 Å². The zero-order valence-electron chi connectivity index (χ0n) is 13.7. The maximum Gasteiger partial charge on any atom is 0.165 e. The van der Waals surface area contributed by atoms with Gasteiger partial charge in [0.05, 0.1) is 7.11 Å². The molecule has 0 amide bonds. The van der Waals surface area contributed by atoms with E-state index in [2.05, 4.69) is 28.0 Å². The second-order valence-electron chi connectivity index (χ2n) is 7.01. The van der Waals surface area contributed by atoms with Gasteiger partial charge in [0.2, 0.25) is 0 Å². The van der Waals surface area contributed by atoms with Crippen molar-refractivity contribution in [1.82, 2.24) is 4.90 Å². The molecule has 3 atom stereocenters. The Kier molecular flexibility index (Phi) is 3.39. The van der Waals surface area contributed by atoms with Crippen molar-refractivity contribution < 1.29 is 9.47 Å². The van der Waals surface area contributed by atoms with Crippen LogP contribution in [0.25, 0.3) is 10.4 Å². The van der Waals surface area contributed by atoms with E-state index in [9.17, 15) is 0 Å². The molecule has 6 heteroatoms. The summed E-state index contributed by atoms with van der Waals surface area (Å²) in [6.07, 6.45) is 3.92. The van der Waals surface area contributed by atoms with E-state index in [1.165, 1.54) is 11.1 Å². The molecule has 4 rings (SSSR count). The van der Waals surface area contributed by atoms with Crippen LogP contribution in [-0.4, -0.2) is 37.7 Å². The number of hydrogen-bond acceptors (Lipinski definition) is 4. The van der Waals surface area contributed by atoms with Crippen molar-refractivity contribution in [3.8, 4) is 11.5 Å². The van der Waals surface area contributed by atoms with Gasteiger partial charge < -0.3 is 14.4 Å². The highest BCUT2D eigenvalue weighted by atomic mass is 16.5. The van der Waals surface area contributed by atoms with E-state index in [1.807, 2.05) is 6.07 Å². The summed E-state index contributed by atoms with van der Waals surface area (Å²) in [6.45, 7) is 2.01. The molecule has 3 aliphatic rings. The highest BCUT2D eigenvalue weighted by Crippen LogP contribution is 2.57. The van der Waals surface area contributed by atoms with E-state index in [1.54, 1.807) is 7.11 Å². The molecule has 0 radical (unpaired) electrons. The highest BCUT2D eigenvalue weighted by Gasteiger charge is 2.54. The Labute approximate surface area is 136 Å². The number of azide groups is 1. The first-order chi connectivity index (χ1) is 11.2. The third-order valence-electron chi connectivity index (χ3n) is 5.81. The lowest BCUT2D eigenvalue weighted by Crippen LogP contribution is -2.45. The lowest BCUT2D eigenvalue weighted by atomic mass is 9.65. The van der Waals surface area contributed by atoms with Gasteiger partial charge in [-0.05, 0) is 56.4 Å². The lowest BCUT2D eigenvalue weighted by Gasteiger charge is -2.40. The number of rotatable bonds is 2. The quantitative estimate of drug-likeness (QED) is 0.477. The summed E-state index contributed by atoms with van der Waals surface area (Å²) in [5, 5.41) is 3.95. The first kappa shape index (κ1) is 14.7.